The number of piperidine rings is 1. The summed E-state index contributed by atoms with van der Waals surface area (Å²) in [5.41, 5.74) is 0. The Hall–Kier alpha value is -0.0751. The van der Waals surface area contributed by atoms with E-state index in [1.54, 1.807) is 0 Å². The minimum Gasteiger partial charge on any atom is -0.437 e. The van der Waals surface area contributed by atoms with Gasteiger partial charge < -0.3 is 9.83 Å². The standard InChI is InChI=1S/C9H15BIN3O/c1-10(15)13-4-2-9(3-5-13)14-7-8(11)6-12-14/h6-7,9,15H,2-5H2,1H3. The summed E-state index contributed by atoms with van der Waals surface area (Å²) in [4.78, 5) is 2.10. The van der Waals surface area contributed by atoms with Crippen LogP contribution in [0.2, 0.25) is 6.82 Å². The molecule has 0 saturated carbocycles. The zero-order valence-corrected chi connectivity index (χ0v) is 11.0. The molecular formula is C9H15BIN3O. The topological polar surface area (TPSA) is 41.3 Å². The third-order valence-corrected chi connectivity index (χ3v) is 3.53. The van der Waals surface area contributed by atoms with Crippen molar-refractivity contribution in [3.05, 3.63) is 16.0 Å². The quantitative estimate of drug-likeness (QED) is 0.659. The van der Waals surface area contributed by atoms with Crippen LogP contribution in [0.15, 0.2) is 12.4 Å². The maximum absolute atomic E-state index is 9.44. The molecule has 0 amide bonds. The van der Waals surface area contributed by atoms with Crippen molar-refractivity contribution in [2.75, 3.05) is 13.1 Å². The molecule has 1 N–H and O–H groups in total. The first-order chi connectivity index (χ1) is 7.16. The number of nitrogens with zero attached hydrogens (tertiary/aromatic N) is 3. The predicted molar refractivity (Wildman–Crippen MR) is 68.6 cm³/mol. The second-order valence-electron chi connectivity index (χ2n) is 4.04. The summed E-state index contributed by atoms with van der Waals surface area (Å²) in [6, 6.07) is 0.503. The van der Waals surface area contributed by atoms with E-state index in [4.69, 9.17) is 0 Å². The molecule has 0 atom stereocenters. The lowest BCUT2D eigenvalue weighted by Crippen LogP contribution is -2.43. The number of hydrogen-bond acceptors (Lipinski definition) is 3. The molecule has 0 unspecified atom stereocenters. The van der Waals surface area contributed by atoms with Crippen LogP contribution in [0, 0.1) is 3.57 Å². The maximum atomic E-state index is 9.44. The first-order valence-electron chi connectivity index (χ1n) is 5.28. The summed E-state index contributed by atoms with van der Waals surface area (Å²) in [7, 11) is -0.316. The minimum atomic E-state index is -0.316. The van der Waals surface area contributed by atoms with Crippen LogP contribution in [0.5, 0.6) is 0 Å². The van der Waals surface area contributed by atoms with Gasteiger partial charge in [0.05, 0.1) is 15.8 Å². The summed E-state index contributed by atoms with van der Waals surface area (Å²) in [5.74, 6) is 0. The van der Waals surface area contributed by atoms with E-state index >= 15 is 0 Å². The molecule has 4 nitrogen and oxygen atoms in total. The van der Waals surface area contributed by atoms with Crippen LogP contribution in [0.4, 0.5) is 0 Å². The second-order valence-corrected chi connectivity index (χ2v) is 5.28. The van der Waals surface area contributed by atoms with Crippen LogP contribution in [-0.4, -0.2) is 39.8 Å². The summed E-state index contributed by atoms with van der Waals surface area (Å²) in [5, 5.41) is 13.8. The van der Waals surface area contributed by atoms with Crippen molar-refractivity contribution in [1.82, 2.24) is 14.6 Å². The minimum absolute atomic E-state index is 0.316. The van der Waals surface area contributed by atoms with E-state index in [0.29, 0.717) is 6.04 Å². The Morgan fingerprint density at radius 3 is 2.67 bits per heavy atom. The lowest BCUT2D eigenvalue weighted by Gasteiger charge is -2.32. The molecule has 15 heavy (non-hydrogen) atoms. The first kappa shape index (κ1) is 11.4. The third kappa shape index (κ3) is 2.73. The molecule has 0 aromatic carbocycles. The Morgan fingerprint density at radius 1 is 1.53 bits per heavy atom. The first-order valence-corrected chi connectivity index (χ1v) is 6.36. The number of hydrogen-bond donors (Lipinski definition) is 1. The summed E-state index contributed by atoms with van der Waals surface area (Å²) in [6.45, 7) is 3.74. The average molecular weight is 319 g/mol. The average Bonchev–Trinajstić information content (AvgIpc) is 2.65. The van der Waals surface area contributed by atoms with Crippen LogP contribution in [0.3, 0.4) is 0 Å². The fraction of sp³-hybridized carbons (Fsp3) is 0.667. The highest BCUT2D eigenvalue weighted by Gasteiger charge is 2.24. The van der Waals surface area contributed by atoms with Gasteiger partial charge >= 0.3 is 7.05 Å². The Kier molecular flexibility index (Phi) is 3.68. The van der Waals surface area contributed by atoms with E-state index in [1.165, 1.54) is 3.57 Å². The molecule has 1 saturated heterocycles. The highest BCUT2D eigenvalue weighted by atomic mass is 127. The molecule has 2 rings (SSSR count). The van der Waals surface area contributed by atoms with Gasteiger partial charge in [-0.05, 0) is 55.3 Å². The number of aromatic nitrogens is 2. The van der Waals surface area contributed by atoms with Gasteiger partial charge in [-0.3, -0.25) is 4.68 Å². The van der Waals surface area contributed by atoms with Gasteiger partial charge in [0.1, 0.15) is 0 Å². The molecule has 6 heteroatoms. The van der Waals surface area contributed by atoms with Crippen molar-refractivity contribution in [1.29, 1.82) is 0 Å². The third-order valence-electron chi connectivity index (χ3n) is 2.97. The van der Waals surface area contributed by atoms with Gasteiger partial charge in [0.25, 0.3) is 0 Å². The molecule has 0 aliphatic carbocycles. The van der Waals surface area contributed by atoms with Gasteiger partial charge in [-0.25, -0.2) is 0 Å². The van der Waals surface area contributed by atoms with Crippen LogP contribution in [-0.2, 0) is 0 Å². The molecule has 0 bridgehead atoms. The number of halogens is 1. The van der Waals surface area contributed by atoms with Gasteiger partial charge in [-0.1, -0.05) is 0 Å². The number of rotatable bonds is 2. The van der Waals surface area contributed by atoms with Crippen molar-refractivity contribution in [2.24, 2.45) is 0 Å². The second kappa shape index (κ2) is 4.84. The van der Waals surface area contributed by atoms with E-state index in [1.807, 2.05) is 13.0 Å². The lowest BCUT2D eigenvalue weighted by atomic mass is 9.82. The largest absolute Gasteiger partial charge is 0.437 e. The van der Waals surface area contributed by atoms with Gasteiger partial charge in [-0.2, -0.15) is 5.10 Å². The van der Waals surface area contributed by atoms with E-state index in [0.717, 1.165) is 25.9 Å². The highest BCUT2D eigenvalue weighted by molar-refractivity contribution is 14.1. The van der Waals surface area contributed by atoms with Crippen molar-refractivity contribution in [2.45, 2.75) is 25.7 Å². The van der Waals surface area contributed by atoms with Crippen molar-refractivity contribution in [3.8, 4) is 0 Å². The molecule has 1 fully saturated rings. The Morgan fingerprint density at radius 2 is 2.20 bits per heavy atom. The molecule has 1 aliphatic heterocycles. The SMILES string of the molecule is CB(O)N1CCC(n2cc(I)cn2)CC1. The summed E-state index contributed by atoms with van der Waals surface area (Å²) < 4.78 is 3.24. The van der Waals surface area contributed by atoms with Gasteiger partial charge in [0, 0.05) is 6.20 Å². The lowest BCUT2D eigenvalue weighted by molar-refractivity contribution is 0.241. The maximum Gasteiger partial charge on any atom is 0.376 e. The Bertz CT molecular complexity index is 323. The van der Waals surface area contributed by atoms with Crippen molar-refractivity contribution < 1.29 is 5.02 Å². The molecule has 2 heterocycles. The van der Waals surface area contributed by atoms with Crippen molar-refractivity contribution >= 4 is 29.6 Å². The molecule has 1 aromatic heterocycles. The normalized spacial score (nSPS) is 19.4. The molecule has 1 aliphatic rings. The Balaban J connectivity index is 1.93. The van der Waals surface area contributed by atoms with Crippen LogP contribution in [0.25, 0.3) is 0 Å². The summed E-state index contributed by atoms with van der Waals surface area (Å²) >= 11 is 2.28. The van der Waals surface area contributed by atoms with E-state index < -0.39 is 0 Å². The summed E-state index contributed by atoms with van der Waals surface area (Å²) in [6.07, 6.45) is 6.12. The molecule has 82 valence electrons. The Labute approximate surface area is 104 Å². The zero-order valence-electron chi connectivity index (χ0n) is 8.80. The molecule has 1 aromatic rings. The smallest absolute Gasteiger partial charge is 0.376 e. The van der Waals surface area contributed by atoms with E-state index in [2.05, 4.69) is 43.4 Å². The molecule has 0 radical (unpaired) electrons. The highest BCUT2D eigenvalue weighted by Crippen LogP contribution is 2.22. The zero-order chi connectivity index (χ0) is 10.8. The fourth-order valence-corrected chi connectivity index (χ4v) is 2.45. The van der Waals surface area contributed by atoms with Gasteiger partial charge in [-0.15, -0.1) is 0 Å². The van der Waals surface area contributed by atoms with Crippen LogP contribution >= 0.6 is 22.6 Å². The van der Waals surface area contributed by atoms with Crippen LogP contribution < -0.4 is 0 Å². The molecular weight excluding hydrogens is 304 g/mol. The fourth-order valence-electron chi connectivity index (χ4n) is 2.04. The van der Waals surface area contributed by atoms with E-state index in [-0.39, 0.29) is 7.05 Å². The van der Waals surface area contributed by atoms with Gasteiger partial charge in [0.15, 0.2) is 0 Å². The van der Waals surface area contributed by atoms with Crippen LogP contribution in [0.1, 0.15) is 18.9 Å². The van der Waals surface area contributed by atoms with Crippen molar-refractivity contribution in [3.63, 3.8) is 0 Å². The predicted octanol–water partition coefficient (Wildman–Crippen LogP) is 1.23. The molecule has 0 spiro atoms. The van der Waals surface area contributed by atoms with Gasteiger partial charge in [0.2, 0.25) is 0 Å². The van der Waals surface area contributed by atoms with E-state index in [9.17, 15) is 5.02 Å². The monoisotopic (exact) mass is 319 g/mol.